The van der Waals surface area contributed by atoms with E-state index in [0.29, 0.717) is 13.2 Å². The number of morpholine rings is 1. The van der Waals surface area contributed by atoms with E-state index in [9.17, 15) is 9.59 Å². The Labute approximate surface area is 100 Å². The first-order chi connectivity index (χ1) is 7.95. The van der Waals surface area contributed by atoms with Crippen LogP contribution in [-0.2, 0) is 19.1 Å². The molecule has 6 heteroatoms. The van der Waals surface area contributed by atoms with Crippen LogP contribution in [0.3, 0.4) is 0 Å². The van der Waals surface area contributed by atoms with Gasteiger partial charge in [-0.15, -0.1) is 0 Å². The van der Waals surface area contributed by atoms with Crippen LogP contribution in [-0.4, -0.2) is 59.9 Å². The highest BCUT2D eigenvalue weighted by atomic mass is 16.5. The molecule has 0 aromatic heterocycles. The van der Waals surface area contributed by atoms with Gasteiger partial charge in [-0.05, 0) is 20.8 Å². The van der Waals surface area contributed by atoms with Crippen molar-refractivity contribution in [1.82, 2.24) is 4.90 Å². The number of carbonyl (C=O) groups excluding carboxylic acids is 1. The number of rotatable bonds is 4. The Kier molecular flexibility index (Phi) is 4.89. The van der Waals surface area contributed by atoms with E-state index < -0.39 is 18.2 Å². The third kappa shape index (κ3) is 3.67. The van der Waals surface area contributed by atoms with Crippen molar-refractivity contribution in [2.24, 2.45) is 0 Å². The minimum absolute atomic E-state index is 0.0793. The molecule has 1 aliphatic rings. The van der Waals surface area contributed by atoms with E-state index in [1.807, 2.05) is 6.92 Å². The SMILES string of the molecule is CCOC(C)C(=O)N1CC(C(=O)O)O[C@H](C)C1. The Morgan fingerprint density at radius 1 is 1.53 bits per heavy atom. The third-order valence-electron chi connectivity index (χ3n) is 2.61. The standard InChI is InChI=1S/C11H19NO5/c1-4-16-8(3)10(13)12-5-7(2)17-9(6-12)11(14)15/h7-9H,4-6H2,1-3H3,(H,14,15)/t7-,8?,9?/m1/s1. The lowest BCUT2D eigenvalue weighted by atomic mass is 10.2. The molecule has 1 rings (SSSR count). The molecule has 1 aliphatic heterocycles. The molecular weight excluding hydrogens is 226 g/mol. The zero-order valence-electron chi connectivity index (χ0n) is 10.4. The summed E-state index contributed by atoms with van der Waals surface area (Å²) in [6.45, 7) is 6.17. The van der Waals surface area contributed by atoms with Crippen LogP contribution in [0.1, 0.15) is 20.8 Å². The fraction of sp³-hybridized carbons (Fsp3) is 0.818. The number of aliphatic carboxylic acids is 1. The molecule has 0 aromatic rings. The highest BCUT2D eigenvalue weighted by Crippen LogP contribution is 2.13. The summed E-state index contributed by atoms with van der Waals surface area (Å²) in [5.41, 5.74) is 0. The number of ether oxygens (including phenoxy) is 2. The summed E-state index contributed by atoms with van der Waals surface area (Å²) < 4.78 is 10.4. The second-order valence-electron chi connectivity index (χ2n) is 4.11. The van der Waals surface area contributed by atoms with E-state index in [-0.39, 0.29) is 18.6 Å². The molecule has 0 aromatic carbocycles. The van der Waals surface area contributed by atoms with E-state index in [1.54, 1.807) is 13.8 Å². The van der Waals surface area contributed by atoms with E-state index in [4.69, 9.17) is 14.6 Å². The maximum absolute atomic E-state index is 12.0. The van der Waals surface area contributed by atoms with Gasteiger partial charge in [0.15, 0.2) is 6.10 Å². The van der Waals surface area contributed by atoms with Crippen LogP contribution in [0.2, 0.25) is 0 Å². The average molecular weight is 245 g/mol. The molecular formula is C11H19NO5. The van der Waals surface area contributed by atoms with Gasteiger partial charge in [0, 0.05) is 13.2 Å². The number of hydrogen-bond acceptors (Lipinski definition) is 4. The molecule has 0 spiro atoms. The van der Waals surface area contributed by atoms with Crippen molar-refractivity contribution >= 4 is 11.9 Å². The number of nitrogens with zero attached hydrogens (tertiary/aromatic N) is 1. The number of carboxylic acids is 1. The Hall–Kier alpha value is -1.14. The van der Waals surface area contributed by atoms with Crippen LogP contribution in [0.25, 0.3) is 0 Å². The molecule has 2 unspecified atom stereocenters. The quantitative estimate of drug-likeness (QED) is 0.761. The fourth-order valence-corrected chi connectivity index (χ4v) is 1.85. The van der Waals surface area contributed by atoms with Crippen LogP contribution >= 0.6 is 0 Å². The van der Waals surface area contributed by atoms with Gasteiger partial charge in [0.1, 0.15) is 6.10 Å². The van der Waals surface area contributed by atoms with Gasteiger partial charge >= 0.3 is 5.97 Å². The van der Waals surface area contributed by atoms with Crippen LogP contribution in [0, 0.1) is 0 Å². The average Bonchev–Trinajstić information content (AvgIpc) is 2.27. The molecule has 0 bridgehead atoms. The van der Waals surface area contributed by atoms with Crippen molar-refractivity contribution in [2.75, 3.05) is 19.7 Å². The molecule has 6 nitrogen and oxygen atoms in total. The first kappa shape index (κ1) is 13.9. The molecule has 0 radical (unpaired) electrons. The lowest BCUT2D eigenvalue weighted by Crippen LogP contribution is -2.54. The van der Waals surface area contributed by atoms with Crippen molar-refractivity contribution in [2.45, 2.75) is 39.1 Å². The first-order valence-corrected chi connectivity index (χ1v) is 5.74. The molecule has 1 fully saturated rings. The number of amides is 1. The maximum Gasteiger partial charge on any atom is 0.334 e. The van der Waals surface area contributed by atoms with Gasteiger partial charge in [0.25, 0.3) is 5.91 Å². The normalized spacial score (nSPS) is 26.6. The molecule has 1 N–H and O–H groups in total. The van der Waals surface area contributed by atoms with E-state index in [1.165, 1.54) is 4.90 Å². The monoisotopic (exact) mass is 245 g/mol. The largest absolute Gasteiger partial charge is 0.479 e. The molecule has 1 saturated heterocycles. The minimum atomic E-state index is -1.04. The molecule has 1 heterocycles. The second-order valence-corrected chi connectivity index (χ2v) is 4.11. The van der Waals surface area contributed by atoms with Crippen LogP contribution < -0.4 is 0 Å². The first-order valence-electron chi connectivity index (χ1n) is 5.74. The Morgan fingerprint density at radius 2 is 2.18 bits per heavy atom. The summed E-state index contributed by atoms with van der Waals surface area (Å²) in [7, 11) is 0. The zero-order valence-corrected chi connectivity index (χ0v) is 10.4. The minimum Gasteiger partial charge on any atom is -0.479 e. The fourth-order valence-electron chi connectivity index (χ4n) is 1.85. The number of hydrogen-bond donors (Lipinski definition) is 1. The van der Waals surface area contributed by atoms with E-state index >= 15 is 0 Å². The lowest BCUT2D eigenvalue weighted by molar-refractivity contribution is -0.170. The highest BCUT2D eigenvalue weighted by Gasteiger charge is 2.34. The summed E-state index contributed by atoms with van der Waals surface area (Å²) in [5, 5.41) is 8.90. The predicted molar refractivity (Wildman–Crippen MR) is 59.6 cm³/mol. The van der Waals surface area contributed by atoms with E-state index in [2.05, 4.69) is 0 Å². The summed E-state index contributed by atoms with van der Waals surface area (Å²) in [5.74, 6) is -1.23. The molecule has 0 saturated carbocycles. The third-order valence-corrected chi connectivity index (χ3v) is 2.61. The molecule has 1 amide bonds. The highest BCUT2D eigenvalue weighted by molar-refractivity contribution is 5.82. The van der Waals surface area contributed by atoms with Crippen molar-refractivity contribution in [1.29, 1.82) is 0 Å². The van der Waals surface area contributed by atoms with Crippen molar-refractivity contribution < 1.29 is 24.2 Å². The summed E-state index contributed by atoms with van der Waals surface area (Å²) in [6, 6.07) is 0. The van der Waals surface area contributed by atoms with Crippen LogP contribution in [0.5, 0.6) is 0 Å². The number of carboxylic acid groups (broad SMARTS) is 1. The second kappa shape index (κ2) is 5.97. The van der Waals surface area contributed by atoms with Gasteiger partial charge in [-0.25, -0.2) is 4.79 Å². The maximum atomic E-state index is 12.0. The zero-order chi connectivity index (χ0) is 13.0. The molecule has 98 valence electrons. The number of carbonyl (C=O) groups is 2. The van der Waals surface area contributed by atoms with Crippen LogP contribution in [0.15, 0.2) is 0 Å². The van der Waals surface area contributed by atoms with Crippen molar-refractivity contribution in [3.8, 4) is 0 Å². The van der Waals surface area contributed by atoms with Gasteiger partial charge in [-0.1, -0.05) is 0 Å². The van der Waals surface area contributed by atoms with Gasteiger partial charge in [0.2, 0.25) is 0 Å². The molecule has 17 heavy (non-hydrogen) atoms. The Bertz CT molecular complexity index is 294. The van der Waals surface area contributed by atoms with Crippen LogP contribution in [0.4, 0.5) is 0 Å². The Morgan fingerprint density at radius 3 is 2.71 bits per heavy atom. The van der Waals surface area contributed by atoms with Gasteiger partial charge in [-0.3, -0.25) is 4.79 Å². The van der Waals surface area contributed by atoms with E-state index in [0.717, 1.165) is 0 Å². The Balaban J connectivity index is 2.63. The summed E-state index contributed by atoms with van der Waals surface area (Å²) in [4.78, 5) is 24.3. The van der Waals surface area contributed by atoms with Gasteiger partial charge in [0.05, 0.1) is 12.6 Å². The van der Waals surface area contributed by atoms with Crippen molar-refractivity contribution in [3.05, 3.63) is 0 Å². The predicted octanol–water partition coefficient (Wildman–Crippen LogP) is 0.112. The smallest absolute Gasteiger partial charge is 0.334 e. The van der Waals surface area contributed by atoms with Crippen molar-refractivity contribution in [3.63, 3.8) is 0 Å². The lowest BCUT2D eigenvalue weighted by Gasteiger charge is -2.36. The summed E-state index contributed by atoms with van der Waals surface area (Å²) in [6.07, 6.45) is -1.76. The summed E-state index contributed by atoms with van der Waals surface area (Å²) >= 11 is 0. The molecule has 0 aliphatic carbocycles. The van der Waals surface area contributed by atoms with Gasteiger partial charge in [-0.2, -0.15) is 0 Å². The molecule has 3 atom stereocenters. The van der Waals surface area contributed by atoms with Gasteiger partial charge < -0.3 is 19.5 Å². The topological polar surface area (TPSA) is 76.1 Å².